The second-order valence-corrected chi connectivity index (χ2v) is 8.97. The fraction of sp³-hybridized carbons (Fsp3) is 0.269. The predicted octanol–water partition coefficient (Wildman–Crippen LogP) is 4.43. The molecule has 1 saturated heterocycles. The van der Waals surface area contributed by atoms with E-state index in [9.17, 15) is 4.79 Å². The number of anilines is 4. The molecule has 37 heavy (non-hydrogen) atoms. The maximum absolute atomic E-state index is 11.7. The summed E-state index contributed by atoms with van der Waals surface area (Å²) in [4.78, 5) is 28.7. The van der Waals surface area contributed by atoms with E-state index in [2.05, 4.69) is 48.5 Å². The summed E-state index contributed by atoms with van der Waals surface area (Å²) in [5, 5.41) is 6.70. The molecule has 0 saturated carbocycles. The Bertz CT molecular complexity index is 1400. The summed E-state index contributed by atoms with van der Waals surface area (Å²) in [5.74, 6) is 1.48. The average Bonchev–Trinajstić information content (AvgIpc) is 3.39. The number of ether oxygens (including phenoxy) is 2. The Balaban J connectivity index is 1.39. The minimum absolute atomic E-state index is 0.129. The van der Waals surface area contributed by atoms with E-state index in [1.165, 1.54) is 0 Å². The van der Waals surface area contributed by atoms with Gasteiger partial charge in [-0.25, -0.2) is 0 Å². The van der Waals surface area contributed by atoms with Gasteiger partial charge in [0.1, 0.15) is 23.0 Å². The van der Waals surface area contributed by atoms with Crippen LogP contribution in [-0.4, -0.2) is 72.0 Å². The fourth-order valence-electron chi connectivity index (χ4n) is 4.16. The largest absolute Gasteiger partial charge is 0.494 e. The summed E-state index contributed by atoms with van der Waals surface area (Å²) < 4.78 is 11.8. The van der Waals surface area contributed by atoms with Gasteiger partial charge in [-0.1, -0.05) is 6.07 Å². The van der Waals surface area contributed by atoms with Crippen molar-refractivity contribution < 1.29 is 14.3 Å². The van der Waals surface area contributed by atoms with E-state index in [1.54, 1.807) is 37.6 Å². The Morgan fingerprint density at radius 3 is 2.73 bits per heavy atom. The molecule has 0 spiro atoms. The van der Waals surface area contributed by atoms with Crippen LogP contribution < -0.4 is 25.0 Å². The van der Waals surface area contributed by atoms with Crippen LogP contribution in [-0.2, 0) is 4.79 Å². The second kappa shape index (κ2) is 10.9. The number of benzene rings is 2. The first-order valence-electron chi connectivity index (χ1n) is 11.9. The number of carbonyl (C=O) groups excluding carboxylic acids is 1. The number of H-pyrrole nitrogens is 1. The van der Waals surface area contributed by atoms with Crippen molar-refractivity contribution in [3.8, 4) is 17.4 Å². The Morgan fingerprint density at radius 2 is 1.95 bits per heavy atom. The van der Waals surface area contributed by atoms with Crippen molar-refractivity contribution in [3.05, 3.63) is 54.7 Å². The lowest BCUT2D eigenvalue weighted by atomic mass is 10.2. The van der Waals surface area contributed by atoms with Crippen molar-refractivity contribution in [2.75, 3.05) is 61.7 Å². The van der Waals surface area contributed by atoms with E-state index < -0.39 is 0 Å². The monoisotopic (exact) mass is 521 g/mol. The zero-order chi connectivity index (χ0) is 25.8. The topological polar surface area (TPSA) is 108 Å². The molecule has 0 unspecified atom stereocenters. The van der Waals surface area contributed by atoms with Crippen LogP contribution >= 0.6 is 11.6 Å². The van der Waals surface area contributed by atoms with Crippen LogP contribution in [0.5, 0.6) is 17.4 Å². The van der Waals surface area contributed by atoms with Gasteiger partial charge in [0.25, 0.3) is 0 Å². The number of nitrogens with zero attached hydrogens (tertiary/aromatic N) is 4. The van der Waals surface area contributed by atoms with Crippen LogP contribution in [0.1, 0.15) is 0 Å². The number of hydrogen-bond acceptors (Lipinski definition) is 8. The number of aromatic amines is 1. The normalized spacial score (nSPS) is 14.0. The van der Waals surface area contributed by atoms with Crippen molar-refractivity contribution in [1.29, 1.82) is 0 Å². The smallest absolute Gasteiger partial charge is 0.239 e. The van der Waals surface area contributed by atoms with Gasteiger partial charge in [0.05, 0.1) is 18.2 Å². The second-order valence-electron chi connectivity index (χ2n) is 8.70. The summed E-state index contributed by atoms with van der Waals surface area (Å²) in [6.45, 7) is 3.99. The number of piperazine rings is 1. The first-order chi connectivity index (χ1) is 18.0. The van der Waals surface area contributed by atoms with Gasteiger partial charge in [-0.2, -0.15) is 9.97 Å². The van der Waals surface area contributed by atoms with Gasteiger partial charge in [0.15, 0.2) is 0 Å². The summed E-state index contributed by atoms with van der Waals surface area (Å²) in [6.07, 6.45) is 1.78. The highest BCUT2D eigenvalue weighted by atomic mass is 35.5. The average molecular weight is 522 g/mol. The molecule has 2 aromatic carbocycles. The zero-order valence-corrected chi connectivity index (χ0v) is 21.4. The molecule has 11 heteroatoms. The Kier molecular flexibility index (Phi) is 7.29. The van der Waals surface area contributed by atoms with Crippen molar-refractivity contribution in [2.45, 2.75) is 0 Å². The van der Waals surface area contributed by atoms with Gasteiger partial charge >= 0.3 is 0 Å². The third-order valence-electron chi connectivity index (χ3n) is 6.13. The fourth-order valence-corrected chi connectivity index (χ4v) is 4.22. The molecule has 1 aliphatic rings. The number of fused-ring (bicyclic) bond motifs is 1. The van der Waals surface area contributed by atoms with Gasteiger partial charge in [0, 0.05) is 55.9 Å². The minimum atomic E-state index is -0.298. The number of alkyl halides is 1. The molecular weight excluding hydrogens is 494 g/mol. The van der Waals surface area contributed by atoms with Crippen LogP contribution in [0.4, 0.5) is 23.0 Å². The maximum Gasteiger partial charge on any atom is 0.239 e. The molecule has 0 atom stereocenters. The van der Waals surface area contributed by atoms with E-state index >= 15 is 0 Å². The number of likely N-dealkylation sites (N-methyl/N-ethyl adjacent to an activating group) is 1. The summed E-state index contributed by atoms with van der Waals surface area (Å²) in [5.41, 5.74) is 3.04. The number of carbonyl (C=O) groups is 1. The van der Waals surface area contributed by atoms with E-state index in [0.29, 0.717) is 34.7 Å². The minimum Gasteiger partial charge on any atom is -0.494 e. The molecule has 1 aliphatic heterocycles. The third-order valence-corrected chi connectivity index (χ3v) is 6.38. The Labute approximate surface area is 219 Å². The molecule has 4 aromatic rings. The first kappa shape index (κ1) is 24.7. The molecule has 1 fully saturated rings. The number of rotatable bonds is 8. The molecular formula is C26H28ClN7O3. The molecule has 192 valence electrons. The van der Waals surface area contributed by atoms with Crippen molar-refractivity contribution in [1.82, 2.24) is 19.9 Å². The lowest BCUT2D eigenvalue weighted by Crippen LogP contribution is -2.44. The van der Waals surface area contributed by atoms with Gasteiger partial charge in [-0.3, -0.25) is 4.79 Å². The quantitative estimate of drug-likeness (QED) is 0.292. The molecule has 3 N–H and O–H groups in total. The van der Waals surface area contributed by atoms with Crippen LogP contribution in [0.15, 0.2) is 54.7 Å². The van der Waals surface area contributed by atoms with Crippen LogP contribution in [0, 0.1) is 0 Å². The Hall–Kier alpha value is -4.02. The summed E-state index contributed by atoms with van der Waals surface area (Å²) in [6, 6.07) is 14.9. The summed E-state index contributed by atoms with van der Waals surface area (Å²) in [7, 11) is 3.79. The predicted molar refractivity (Wildman–Crippen MR) is 146 cm³/mol. The highest BCUT2D eigenvalue weighted by Crippen LogP contribution is 2.34. The highest BCUT2D eigenvalue weighted by molar-refractivity contribution is 6.29. The Morgan fingerprint density at radius 1 is 1.11 bits per heavy atom. The molecule has 10 nitrogen and oxygen atoms in total. The maximum atomic E-state index is 11.7. The highest BCUT2D eigenvalue weighted by Gasteiger charge is 2.17. The van der Waals surface area contributed by atoms with Gasteiger partial charge in [0.2, 0.25) is 17.7 Å². The SMILES string of the molecule is COc1cc(N2CCN(C)CC2)ccc1Nc1nc(Oc2cccc(NC(=O)CCl)c2)c2cc[nH]c2n1. The van der Waals surface area contributed by atoms with E-state index in [1.807, 2.05) is 18.2 Å². The zero-order valence-electron chi connectivity index (χ0n) is 20.6. The van der Waals surface area contributed by atoms with Crippen LogP contribution in [0.2, 0.25) is 0 Å². The lowest BCUT2D eigenvalue weighted by molar-refractivity contribution is -0.113. The first-order valence-corrected chi connectivity index (χ1v) is 12.4. The molecule has 1 amide bonds. The van der Waals surface area contributed by atoms with Crippen LogP contribution in [0.25, 0.3) is 11.0 Å². The van der Waals surface area contributed by atoms with Crippen LogP contribution in [0.3, 0.4) is 0 Å². The number of methoxy groups -OCH3 is 1. The number of hydrogen-bond donors (Lipinski definition) is 3. The lowest BCUT2D eigenvalue weighted by Gasteiger charge is -2.34. The third kappa shape index (κ3) is 5.71. The van der Waals surface area contributed by atoms with E-state index in [0.717, 1.165) is 42.9 Å². The van der Waals surface area contributed by atoms with Gasteiger partial charge < -0.3 is 34.9 Å². The van der Waals surface area contributed by atoms with Gasteiger partial charge in [-0.15, -0.1) is 11.6 Å². The van der Waals surface area contributed by atoms with E-state index in [-0.39, 0.29) is 11.8 Å². The van der Waals surface area contributed by atoms with Crippen molar-refractivity contribution >= 4 is 51.6 Å². The molecule has 5 rings (SSSR count). The molecule has 2 aromatic heterocycles. The molecule has 0 radical (unpaired) electrons. The van der Waals surface area contributed by atoms with Gasteiger partial charge in [-0.05, 0) is 37.4 Å². The van der Waals surface area contributed by atoms with Crippen molar-refractivity contribution in [3.63, 3.8) is 0 Å². The number of halogens is 1. The van der Waals surface area contributed by atoms with Crippen molar-refractivity contribution in [2.24, 2.45) is 0 Å². The number of amides is 1. The summed E-state index contributed by atoms with van der Waals surface area (Å²) >= 11 is 5.60. The number of nitrogens with one attached hydrogen (secondary N) is 3. The molecule has 0 bridgehead atoms. The molecule has 3 heterocycles. The standard InChI is InChI=1S/C26H28ClN7O3/c1-33-10-12-34(13-11-33)18-6-7-21(22(15-18)36-2)30-26-31-24-20(8-9-28-24)25(32-26)37-19-5-3-4-17(14-19)29-23(35)16-27/h3-9,14-15H,10-13,16H2,1-2H3,(H,29,35)(H2,28,30,31,32). The van der Waals surface area contributed by atoms with E-state index in [4.69, 9.17) is 21.1 Å². The number of aromatic nitrogens is 3. The molecule has 0 aliphatic carbocycles.